The highest BCUT2D eigenvalue weighted by atomic mass is 35.5. The predicted octanol–water partition coefficient (Wildman–Crippen LogP) is 4.32. The van der Waals surface area contributed by atoms with Crippen LogP contribution in [0.1, 0.15) is 26.2 Å². The summed E-state index contributed by atoms with van der Waals surface area (Å²) in [4.78, 5) is 11.6. The van der Waals surface area contributed by atoms with Crippen LogP contribution in [0.4, 0.5) is 10.5 Å². The molecule has 0 unspecified atom stereocenters. The van der Waals surface area contributed by atoms with E-state index >= 15 is 0 Å². The third-order valence-electron chi connectivity index (χ3n) is 2.57. The minimum atomic E-state index is -0.267. The molecule has 0 aliphatic rings. The summed E-state index contributed by atoms with van der Waals surface area (Å²) in [6, 6.07) is 4.68. The molecule has 1 rings (SSSR count). The topological polar surface area (TPSA) is 50.4 Å². The van der Waals surface area contributed by atoms with Crippen LogP contribution >= 0.6 is 23.2 Å². The van der Waals surface area contributed by atoms with Crippen molar-refractivity contribution in [2.75, 3.05) is 25.1 Å². The molecule has 0 radical (unpaired) electrons. The third-order valence-corrected chi connectivity index (χ3v) is 3.31. The second-order valence-electron chi connectivity index (χ2n) is 4.33. The minimum Gasteiger partial charge on any atom is -0.381 e. The van der Waals surface area contributed by atoms with Gasteiger partial charge in [-0.1, -0.05) is 36.5 Å². The van der Waals surface area contributed by atoms with Crippen molar-refractivity contribution >= 4 is 34.9 Å². The maximum atomic E-state index is 11.6. The number of halogens is 2. The first kappa shape index (κ1) is 17.1. The van der Waals surface area contributed by atoms with Crippen LogP contribution in [0.5, 0.6) is 0 Å². The van der Waals surface area contributed by atoms with E-state index in [2.05, 4.69) is 17.6 Å². The van der Waals surface area contributed by atoms with E-state index in [4.69, 9.17) is 27.9 Å². The summed E-state index contributed by atoms with van der Waals surface area (Å²) in [5.41, 5.74) is 0.607. The SMILES string of the molecule is CCCCOCCCNC(=O)Nc1ccc(Cl)c(Cl)c1. The Hall–Kier alpha value is -0.970. The van der Waals surface area contributed by atoms with Crippen molar-refractivity contribution in [3.8, 4) is 0 Å². The number of amides is 2. The molecule has 0 heterocycles. The average molecular weight is 319 g/mol. The number of hydrogen-bond acceptors (Lipinski definition) is 2. The van der Waals surface area contributed by atoms with E-state index in [1.807, 2.05) is 0 Å². The van der Waals surface area contributed by atoms with Gasteiger partial charge in [-0.05, 0) is 31.0 Å². The summed E-state index contributed by atoms with van der Waals surface area (Å²) in [5, 5.41) is 6.31. The number of urea groups is 1. The number of carbonyl (C=O) groups is 1. The molecule has 0 spiro atoms. The van der Waals surface area contributed by atoms with Crippen LogP contribution in [0.2, 0.25) is 10.0 Å². The maximum absolute atomic E-state index is 11.6. The third kappa shape index (κ3) is 6.98. The highest BCUT2D eigenvalue weighted by Crippen LogP contribution is 2.24. The largest absolute Gasteiger partial charge is 0.381 e. The van der Waals surface area contributed by atoms with Crippen molar-refractivity contribution in [2.24, 2.45) is 0 Å². The number of ether oxygens (including phenoxy) is 1. The molecule has 0 aliphatic heterocycles. The lowest BCUT2D eigenvalue weighted by molar-refractivity contribution is 0.129. The van der Waals surface area contributed by atoms with E-state index in [-0.39, 0.29) is 6.03 Å². The van der Waals surface area contributed by atoms with Gasteiger partial charge >= 0.3 is 6.03 Å². The molecule has 0 saturated carbocycles. The Labute approximate surface area is 129 Å². The zero-order valence-electron chi connectivity index (χ0n) is 11.5. The highest BCUT2D eigenvalue weighted by Gasteiger charge is 2.03. The zero-order valence-corrected chi connectivity index (χ0v) is 13.1. The molecule has 2 N–H and O–H groups in total. The van der Waals surface area contributed by atoms with Gasteiger partial charge in [0.05, 0.1) is 10.0 Å². The number of rotatable bonds is 8. The Kier molecular flexibility index (Phi) is 8.42. The lowest BCUT2D eigenvalue weighted by atomic mass is 10.3. The molecule has 20 heavy (non-hydrogen) atoms. The van der Waals surface area contributed by atoms with Gasteiger partial charge in [0.25, 0.3) is 0 Å². The van der Waals surface area contributed by atoms with E-state index in [0.717, 1.165) is 25.9 Å². The summed E-state index contributed by atoms with van der Waals surface area (Å²) in [6.45, 7) is 4.14. The maximum Gasteiger partial charge on any atom is 0.319 e. The summed E-state index contributed by atoms with van der Waals surface area (Å²) in [7, 11) is 0. The summed E-state index contributed by atoms with van der Waals surface area (Å²) >= 11 is 11.7. The molecule has 0 aliphatic carbocycles. The molecular formula is C14H20Cl2N2O2. The Bertz CT molecular complexity index is 428. The van der Waals surface area contributed by atoms with E-state index in [9.17, 15) is 4.79 Å². The molecule has 2 amide bonds. The van der Waals surface area contributed by atoms with Crippen molar-refractivity contribution in [3.05, 3.63) is 28.2 Å². The van der Waals surface area contributed by atoms with Crippen LogP contribution in [0.3, 0.4) is 0 Å². The van der Waals surface area contributed by atoms with Gasteiger partial charge in [-0.2, -0.15) is 0 Å². The second-order valence-corrected chi connectivity index (χ2v) is 5.14. The van der Waals surface area contributed by atoms with Gasteiger partial charge in [-0.25, -0.2) is 4.79 Å². The second kappa shape index (κ2) is 9.86. The van der Waals surface area contributed by atoms with Gasteiger partial charge in [0.2, 0.25) is 0 Å². The van der Waals surface area contributed by atoms with Crippen molar-refractivity contribution in [1.29, 1.82) is 0 Å². The van der Waals surface area contributed by atoms with E-state index in [1.54, 1.807) is 18.2 Å². The Balaban J connectivity index is 2.15. The molecule has 1 aromatic rings. The monoisotopic (exact) mass is 318 g/mol. The van der Waals surface area contributed by atoms with E-state index in [1.165, 1.54) is 0 Å². The first-order valence-corrected chi connectivity index (χ1v) is 7.46. The number of anilines is 1. The fraction of sp³-hybridized carbons (Fsp3) is 0.500. The molecule has 0 fully saturated rings. The van der Waals surface area contributed by atoms with Crippen LogP contribution < -0.4 is 10.6 Å². The van der Waals surface area contributed by atoms with Gasteiger partial charge in [0.1, 0.15) is 0 Å². The number of unbranched alkanes of at least 4 members (excludes halogenated alkanes) is 1. The molecule has 112 valence electrons. The molecule has 0 atom stereocenters. The van der Waals surface area contributed by atoms with Gasteiger partial charge in [-0.15, -0.1) is 0 Å². The smallest absolute Gasteiger partial charge is 0.319 e. The predicted molar refractivity (Wildman–Crippen MR) is 83.8 cm³/mol. The number of benzene rings is 1. The Morgan fingerprint density at radius 3 is 2.65 bits per heavy atom. The van der Waals surface area contributed by atoms with Crippen molar-refractivity contribution in [3.63, 3.8) is 0 Å². The summed E-state index contributed by atoms with van der Waals surface area (Å²) in [5.74, 6) is 0. The average Bonchev–Trinajstić information content (AvgIpc) is 2.42. The first-order chi connectivity index (χ1) is 9.63. The quantitative estimate of drug-likeness (QED) is 0.701. The van der Waals surface area contributed by atoms with Crippen LogP contribution in [-0.2, 0) is 4.74 Å². The lowest BCUT2D eigenvalue weighted by Gasteiger charge is -2.08. The Morgan fingerprint density at radius 2 is 1.95 bits per heavy atom. The number of nitrogens with one attached hydrogen (secondary N) is 2. The summed E-state index contributed by atoms with van der Waals surface area (Å²) < 4.78 is 5.40. The van der Waals surface area contributed by atoms with Crippen LogP contribution in [-0.4, -0.2) is 25.8 Å². The van der Waals surface area contributed by atoms with Crippen molar-refractivity contribution in [1.82, 2.24) is 5.32 Å². The minimum absolute atomic E-state index is 0.267. The number of hydrogen-bond donors (Lipinski definition) is 2. The fourth-order valence-electron chi connectivity index (χ4n) is 1.47. The van der Waals surface area contributed by atoms with Crippen molar-refractivity contribution in [2.45, 2.75) is 26.2 Å². The van der Waals surface area contributed by atoms with E-state index < -0.39 is 0 Å². The highest BCUT2D eigenvalue weighted by molar-refractivity contribution is 6.42. The molecule has 6 heteroatoms. The summed E-state index contributed by atoms with van der Waals surface area (Å²) in [6.07, 6.45) is 2.99. The molecular weight excluding hydrogens is 299 g/mol. The molecule has 0 saturated heterocycles. The molecule has 4 nitrogen and oxygen atoms in total. The van der Waals surface area contributed by atoms with Gasteiger partial charge in [-0.3, -0.25) is 0 Å². The zero-order chi connectivity index (χ0) is 14.8. The van der Waals surface area contributed by atoms with Gasteiger partial charge in [0.15, 0.2) is 0 Å². The molecule has 0 bridgehead atoms. The van der Waals surface area contributed by atoms with Gasteiger partial charge in [0, 0.05) is 25.4 Å². The van der Waals surface area contributed by atoms with Crippen molar-refractivity contribution < 1.29 is 9.53 Å². The molecule has 0 aromatic heterocycles. The lowest BCUT2D eigenvalue weighted by Crippen LogP contribution is -2.30. The van der Waals surface area contributed by atoms with Crippen LogP contribution in [0.15, 0.2) is 18.2 Å². The van der Waals surface area contributed by atoms with Crippen LogP contribution in [0, 0.1) is 0 Å². The van der Waals surface area contributed by atoms with E-state index in [0.29, 0.717) is 28.9 Å². The van der Waals surface area contributed by atoms with Gasteiger partial charge < -0.3 is 15.4 Å². The standard InChI is InChI=1S/C14H20Cl2N2O2/c1-2-3-8-20-9-4-7-17-14(19)18-11-5-6-12(15)13(16)10-11/h5-6,10H,2-4,7-9H2,1H3,(H2,17,18,19). The first-order valence-electron chi connectivity index (χ1n) is 6.71. The Morgan fingerprint density at radius 1 is 1.20 bits per heavy atom. The fourth-order valence-corrected chi connectivity index (χ4v) is 1.77. The normalized spacial score (nSPS) is 10.3. The van der Waals surface area contributed by atoms with Crippen LogP contribution in [0.25, 0.3) is 0 Å². The number of carbonyl (C=O) groups excluding carboxylic acids is 1. The molecule has 1 aromatic carbocycles.